The zero-order chi connectivity index (χ0) is 14.6. The van der Waals surface area contributed by atoms with Gasteiger partial charge in [0.25, 0.3) is 0 Å². The maximum Gasteiger partial charge on any atom is 0.217 e. The lowest BCUT2D eigenvalue weighted by Crippen LogP contribution is -2.39. The first-order valence-corrected chi connectivity index (χ1v) is 8.88. The molecule has 1 aliphatic rings. The third-order valence-electron chi connectivity index (χ3n) is 4.09. The number of rotatable bonds is 5. The lowest BCUT2D eigenvalue weighted by molar-refractivity contribution is 0.395. The highest BCUT2D eigenvalue weighted by atomic mass is 32.2. The number of nitrogen functional groups attached to an aromatic ring is 1. The Kier molecular flexibility index (Phi) is 5.05. The van der Waals surface area contributed by atoms with Crippen molar-refractivity contribution in [2.75, 3.05) is 12.3 Å². The van der Waals surface area contributed by atoms with E-state index in [4.69, 9.17) is 5.73 Å². The van der Waals surface area contributed by atoms with Crippen LogP contribution >= 0.6 is 0 Å². The minimum Gasteiger partial charge on any atom is -0.398 e. The molecule has 0 radical (unpaired) electrons. The van der Waals surface area contributed by atoms with Gasteiger partial charge >= 0.3 is 0 Å². The van der Waals surface area contributed by atoms with E-state index in [9.17, 15) is 8.42 Å². The summed E-state index contributed by atoms with van der Waals surface area (Å²) in [6.07, 6.45) is 4.79. The number of hydrogen-bond acceptors (Lipinski definition) is 3. The highest BCUT2D eigenvalue weighted by molar-refractivity contribution is 7.89. The van der Waals surface area contributed by atoms with Crippen molar-refractivity contribution in [3.8, 4) is 0 Å². The Balaban J connectivity index is 2.17. The fraction of sp³-hybridized carbons (Fsp3) is 0.600. The number of nitrogens with zero attached hydrogens (tertiary/aromatic N) is 1. The molecule has 5 heteroatoms. The molecule has 0 heterocycles. The monoisotopic (exact) mass is 296 g/mol. The SMILES string of the molecule is CCN(Cc1ccccc1N)S(=O)(=O)C1CCCCC1. The Hall–Kier alpha value is -1.07. The second-order valence-electron chi connectivity index (χ2n) is 5.43. The van der Waals surface area contributed by atoms with Gasteiger partial charge in [-0.05, 0) is 24.5 Å². The lowest BCUT2D eigenvalue weighted by Gasteiger charge is -2.29. The van der Waals surface area contributed by atoms with Crippen LogP contribution in [0.5, 0.6) is 0 Å². The van der Waals surface area contributed by atoms with Gasteiger partial charge in [0.05, 0.1) is 5.25 Å². The van der Waals surface area contributed by atoms with Gasteiger partial charge in [0.1, 0.15) is 0 Å². The van der Waals surface area contributed by atoms with E-state index in [2.05, 4.69) is 0 Å². The van der Waals surface area contributed by atoms with E-state index in [1.165, 1.54) is 0 Å². The molecule has 0 aromatic heterocycles. The molecule has 4 nitrogen and oxygen atoms in total. The van der Waals surface area contributed by atoms with Gasteiger partial charge in [-0.15, -0.1) is 0 Å². The molecule has 1 fully saturated rings. The van der Waals surface area contributed by atoms with Gasteiger partial charge in [0, 0.05) is 18.8 Å². The lowest BCUT2D eigenvalue weighted by atomic mass is 10.0. The van der Waals surface area contributed by atoms with Gasteiger partial charge in [-0.2, -0.15) is 4.31 Å². The Morgan fingerprint density at radius 3 is 2.45 bits per heavy atom. The summed E-state index contributed by atoms with van der Waals surface area (Å²) in [5.74, 6) is 0. The van der Waals surface area contributed by atoms with Crippen molar-refractivity contribution in [1.82, 2.24) is 4.31 Å². The average Bonchev–Trinajstić information content (AvgIpc) is 2.47. The van der Waals surface area contributed by atoms with Gasteiger partial charge in [-0.25, -0.2) is 8.42 Å². The summed E-state index contributed by atoms with van der Waals surface area (Å²) in [4.78, 5) is 0. The van der Waals surface area contributed by atoms with Gasteiger partial charge in [-0.3, -0.25) is 0 Å². The van der Waals surface area contributed by atoms with Gasteiger partial charge in [-0.1, -0.05) is 44.4 Å². The van der Waals surface area contributed by atoms with Crippen molar-refractivity contribution in [2.24, 2.45) is 0 Å². The van der Waals surface area contributed by atoms with E-state index >= 15 is 0 Å². The molecule has 0 unspecified atom stereocenters. The first-order valence-electron chi connectivity index (χ1n) is 7.38. The number of para-hydroxylation sites is 1. The van der Waals surface area contributed by atoms with Crippen LogP contribution in [0.15, 0.2) is 24.3 Å². The predicted octanol–water partition coefficient (Wildman–Crippen LogP) is 2.75. The summed E-state index contributed by atoms with van der Waals surface area (Å²) >= 11 is 0. The summed E-state index contributed by atoms with van der Waals surface area (Å²) in [7, 11) is -3.21. The van der Waals surface area contributed by atoms with E-state index in [0.29, 0.717) is 18.8 Å². The summed E-state index contributed by atoms with van der Waals surface area (Å²) < 4.78 is 27.0. The minimum atomic E-state index is -3.21. The third-order valence-corrected chi connectivity index (χ3v) is 6.51. The summed E-state index contributed by atoms with van der Waals surface area (Å²) in [5, 5.41) is -0.207. The smallest absolute Gasteiger partial charge is 0.217 e. The van der Waals surface area contributed by atoms with Crippen molar-refractivity contribution in [2.45, 2.75) is 50.8 Å². The molecule has 2 rings (SSSR count). The Bertz CT molecular complexity index is 537. The van der Waals surface area contributed by atoms with Crippen LogP contribution in [0.4, 0.5) is 5.69 Å². The topological polar surface area (TPSA) is 63.4 Å². The van der Waals surface area contributed by atoms with Crippen LogP contribution in [-0.4, -0.2) is 24.5 Å². The van der Waals surface area contributed by atoms with E-state index in [-0.39, 0.29) is 5.25 Å². The molecule has 0 amide bonds. The summed E-state index contributed by atoms with van der Waals surface area (Å²) in [6.45, 7) is 2.76. The maximum absolute atomic E-state index is 12.7. The van der Waals surface area contributed by atoms with E-state index in [1.807, 2.05) is 31.2 Å². The molecule has 2 N–H and O–H groups in total. The number of benzene rings is 1. The molecular weight excluding hydrogens is 272 g/mol. The molecule has 0 aliphatic heterocycles. The van der Waals surface area contributed by atoms with Crippen LogP contribution in [0.1, 0.15) is 44.6 Å². The molecule has 112 valence electrons. The predicted molar refractivity (Wildman–Crippen MR) is 82.7 cm³/mol. The van der Waals surface area contributed by atoms with Crippen LogP contribution in [0.3, 0.4) is 0 Å². The molecule has 20 heavy (non-hydrogen) atoms. The maximum atomic E-state index is 12.7. The van der Waals surface area contributed by atoms with Crippen molar-refractivity contribution in [3.63, 3.8) is 0 Å². The molecule has 1 aromatic carbocycles. The molecule has 0 saturated heterocycles. The standard InChI is InChI=1S/C15H24N2O2S/c1-2-17(12-13-8-6-7-11-15(13)16)20(18,19)14-9-4-3-5-10-14/h6-8,11,14H,2-5,9-10,12,16H2,1H3. The molecular formula is C15H24N2O2S. The fourth-order valence-corrected chi connectivity index (χ4v) is 4.85. The first kappa shape index (κ1) is 15.3. The number of nitrogens with two attached hydrogens (primary N) is 1. The number of hydrogen-bond donors (Lipinski definition) is 1. The second-order valence-corrected chi connectivity index (χ2v) is 7.64. The highest BCUT2D eigenvalue weighted by Crippen LogP contribution is 2.27. The van der Waals surface area contributed by atoms with E-state index < -0.39 is 10.0 Å². The van der Waals surface area contributed by atoms with Crippen molar-refractivity contribution >= 4 is 15.7 Å². The number of anilines is 1. The van der Waals surface area contributed by atoms with E-state index in [0.717, 1.165) is 37.7 Å². The Labute approximate surface area is 122 Å². The zero-order valence-electron chi connectivity index (χ0n) is 12.1. The molecule has 1 saturated carbocycles. The van der Waals surface area contributed by atoms with Crippen LogP contribution in [-0.2, 0) is 16.6 Å². The number of sulfonamides is 1. The molecule has 0 spiro atoms. The van der Waals surface area contributed by atoms with Crippen molar-refractivity contribution in [3.05, 3.63) is 29.8 Å². The molecule has 0 atom stereocenters. The Morgan fingerprint density at radius 2 is 1.85 bits per heavy atom. The van der Waals surface area contributed by atoms with Gasteiger partial charge < -0.3 is 5.73 Å². The summed E-state index contributed by atoms with van der Waals surface area (Å²) in [5.41, 5.74) is 7.46. The quantitative estimate of drug-likeness (QED) is 0.850. The molecule has 1 aliphatic carbocycles. The summed E-state index contributed by atoms with van der Waals surface area (Å²) in [6, 6.07) is 7.47. The van der Waals surface area contributed by atoms with Crippen LogP contribution in [0, 0.1) is 0 Å². The second kappa shape index (κ2) is 6.59. The molecule has 0 bridgehead atoms. The van der Waals surface area contributed by atoms with Gasteiger partial charge in [0.2, 0.25) is 10.0 Å². The zero-order valence-corrected chi connectivity index (χ0v) is 12.9. The largest absolute Gasteiger partial charge is 0.398 e. The van der Waals surface area contributed by atoms with Crippen molar-refractivity contribution < 1.29 is 8.42 Å². The van der Waals surface area contributed by atoms with Crippen LogP contribution < -0.4 is 5.73 Å². The normalized spacial score (nSPS) is 17.5. The average molecular weight is 296 g/mol. The third kappa shape index (κ3) is 3.33. The highest BCUT2D eigenvalue weighted by Gasteiger charge is 2.32. The minimum absolute atomic E-state index is 0.207. The first-order chi connectivity index (χ1) is 9.55. The van der Waals surface area contributed by atoms with Gasteiger partial charge in [0.15, 0.2) is 0 Å². The fourth-order valence-electron chi connectivity index (χ4n) is 2.82. The van der Waals surface area contributed by atoms with Crippen molar-refractivity contribution in [1.29, 1.82) is 0 Å². The Morgan fingerprint density at radius 1 is 1.20 bits per heavy atom. The molecule has 1 aromatic rings. The van der Waals surface area contributed by atoms with Crippen LogP contribution in [0.25, 0.3) is 0 Å². The van der Waals surface area contributed by atoms with Crippen LogP contribution in [0.2, 0.25) is 0 Å². The van der Waals surface area contributed by atoms with E-state index in [1.54, 1.807) is 4.31 Å².